The summed E-state index contributed by atoms with van der Waals surface area (Å²) >= 11 is 0. The van der Waals surface area contributed by atoms with Gasteiger partial charge >= 0.3 is 26.5 Å². The van der Waals surface area contributed by atoms with E-state index in [1.807, 2.05) is 0 Å². The van der Waals surface area contributed by atoms with Gasteiger partial charge in [0.2, 0.25) is 5.78 Å². The largest absolute Gasteiger partial charge is 0.493 e. The Morgan fingerprint density at radius 2 is 1.54 bits per heavy atom. The number of fused-ring (bicyclic) bond motifs is 1. The molecule has 4 atom stereocenters. The van der Waals surface area contributed by atoms with Gasteiger partial charge in [0.05, 0.1) is 25.9 Å². The highest BCUT2D eigenvalue weighted by atomic mass is 32.2. The molecule has 2 aliphatic carbocycles. The number of rotatable bonds is 12. The Morgan fingerprint density at radius 3 is 2.16 bits per heavy atom. The minimum atomic E-state index is -7.19. The molecule has 0 spiro atoms. The number of ether oxygens (including phenoxy) is 2. The fourth-order valence-electron chi connectivity index (χ4n) is 7.72. The average molecular weight is 781 g/mol. The maximum Gasteiger partial charge on any atom is 0.439 e. The Balaban J connectivity index is 1.60. The van der Waals surface area contributed by atoms with Crippen molar-refractivity contribution in [2.24, 2.45) is 17.8 Å². The van der Waals surface area contributed by atoms with Crippen LogP contribution in [-0.4, -0.2) is 91.0 Å². The van der Waals surface area contributed by atoms with Gasteiger partial charge in [-0.2, -0.15) is 39.1 Å². The second kappa shape index (κ2) is 15.0. The molecular formula is C32H44F6NO8S3+. The Morgan fingerprint density at radius 1 is 0.940 bits per heavy atom. The Kier molecular flexibility index (Phi) is 11.9. The first-order valence-electron chi connectivity index (χ1n) is 17.0. The van der Waals surface area contributed by atoms with Crippen molar-refractivity contribution in [2.45, 2.75) is 98.9 Å². The van der Waals surface area contributed by atoms with Gasteiger partial charge in [-0.05, 0) is 68.6 Å². The van der Waals surface area contributed by atoms with Gasteiger partial charge in [-0.3, -0.25) is 9.35 Å². The molecule has 0 amide bonds. The summed E-state index contributed by atoms with van der Waals surface area (Å²) in [5.41, 5.74) is 0.0806. The van der Waals surface area contributed by atoms with Crippen LogP contribution in [0.1, 0.15) is 93.1 Å². The van der Waals surface area contributed by atoms with Crippen LogP contribution in [0.5, 0.6) is 5.75 Å². The monoisotopic (exact) mass is 780 g/mol. The Labute approximate surface area is 292 Å². The van der Waals surface area contributed by atoms with Crippen molar-refractivity contribution in [1.29, 1.82) is 0 Å². The summed E-state index contributed by atoms with van der Waals surface area (Å²) < 4.78 is 160. The van der Waals surface area contributed by atoms with E-state index in [0.717, 1.165) is 38.5 Å². The van der Waals surface area contributed by atoms with Gasteiger partial charge in [0.25, 0.3) is 10.0 Å². The summed E-state index contributed by atoms with van der Waals surface area (Å²) in [6, 6.07) is 2.61. The molecule has 2 saturated carbocycles. The number of Topliss-reactive ketones (excluding diaryl/α,β-unsaturated/α-hetero) is 1. The molecule has 4 aliphatic rings. The number of halogens is 6. The molecule has 18 heteroatoms. The number of piperidine rings is 1. The van der Waals surface area contributed by atoms with Crippen LogP contribution in [0.25, 0.3) is 0 Å². The third-order valence-electron chi connectivity index (χ3n) is 10.7. The highest BCUT2D eigenvalue weighted by Gasteiger charge is 2.83. The number of alkyl halides is 6. The maximum absolute atomic E-state index is 15.6. The van der Waals surface area contributed by atoms with Crippen LogP contribution in [0, 0.1) is 17.8 Å². The van der Waals surface area contributed by atoms with Crippen molar-refractivity contribution in [3.63, 3.8) is 0 Å². The summed E-state index contributed by atoms with van der Waals surface area (Å²) in [5, 5.41) is -14.0. The smallest absolute Gasteiger partial charge is 0.439 e. The van der Waals surface area contributed by atoms with Gasteiger partial charge in [-0.15, -0.1) is 0 Å². The zero-order valence-corrected chi connectivity index (χ0v) is 30.1. The van der Waals surface area contributed by atoms with Crippen LogP contribution in [0.2, 0.25) is 0 Å². The molecule has 0 radical (unpaired) electrons. The molecule has 4 fully saturated rings. The van der Waals surface area contributed by atoms with Gasteiger partial charge in [-0.1, -0.05) is 38.5 Å². The van der Waals surface area contributed by atoms with E-state index in [9.17, 15) is 39.2 Å². The third-order valence-corrected chi connectivity index (χ3v) is 16.2. The van der Waals surface area contributed by atoms with E-state index in [2.05, 4.69) is 0 Å². The molecule has 2 heterocycles. The number of benzene rings is 1. The number of carbonyl (C=O) groups excluding carboxylic acids is 1. The summed E-state index contributed by atoms with van der Waals surface area (Å²) in [7, 11) is -14.3. The molecule has 1 aromatic carbocycles. The standard InChI is InChI=1S/C32H43F6NO8S3/c1-21(48-15-13-46-14-16-48)29(40)24-11-12-28(47-20-22-7-3-2-4-8-22)26(17-24)27-18-23-9-5-6-10-25(23)19-39(27)49(41,42)31(35,36)30(33,34)32(37,38)50(43,44)45/h11-12,17,21-23,25,27H,2-10,13-16,18-20H2,1H3/p+1. The molecule has 2 aliphatic heterocycles. The first-order valence-corrected chi connectivity index (χ1v) is 21.5. The first-order chi connectivity index (χ1) is 23.3. The van der Waals surface area contributed by atoms with Crippen LogP contribution < -0.4 is 4.74 Å². The third kappa shape index (κ3) is 7.44. The summed E-state index contributed by atoms with van der Waals surface area (Å²) in [5.74, 6) is -6.72. The fourth-order valence-corrected chi connectivity index (χ4v) is 11.9. The van der Waals surface area contributed by atoms with E-state index in [0.29, 0.717) is 44.0 Å². The van der Waals surface area contributed by atoms with Crippen molar-refractivity contribution in [3.8, 4) is 5.75 Å². The quantitative estimate of drug-likeness (QED) is 0.111. The van der Waals surface area contributed by atoms with E-state index >= 15 is 8.78 Å². The van der Waals surface area contributed by atoms with E-state index in [1.165, 1.54) is 18.2 Å². The fraction of sp³-hybridized carbons (Fsp3) is 0.781. The molecule has 0 bridgehead atoms. The van der Waals surface area contributed by atoms with Gasteiger partial charge in [0, 0.05) is 28.6 Å². The van der Waals surface area contributed by atoms with Gasteiger partial charge in [-0.25, -0.2) is 8.42 Å². The lowest BCUT2D eigenvalue weighted by Gasteiger charge is -2.47. The van der Waals surface area contributed by atoms with Crippen LogP contribution >= 0.6 is 0 Å². The van der Waals surface area contributed by atoms with Crippen molar-refractivity contribution < 1.29 is 62.0 Å². The van der Waals surface area contributed by atoms with E-state index in [-0.39, 0.29) is 62.7 Å². The number of nitrogens with zero attached hydrogens (tertiary/aromatic N) is 1. The van der Waals surface area contributed by atoms with E-state index in [4.69, 9.17) is 14.0 Å². The Bertz CT molecular complexity index is 1600. The number of sulfonamides is 1. The van der Waals surface area contributed by atoms with Crippen LogP contribution in [0.4, 0.5) is 26.3 Å². The number of hydrogen-bond acceptors (Lipinski definition) is 7. The Hall–Kier alpha value is -1.60. The molecule has 284 valence electrons. The molecule has 0 aromatic heterocycles. The lowest BCUT2D eigenvalue weighted by atomic mass is 9.72. The maximum atomic E-state index is 15.6. The highest BCUT2D eigenvalue weighted by Crippen LogP contribution is 2.55. The van der Waals surface area contributed by atoms with Crippen molar-refractivity contribution in [2.75, 3.05) is 37.9 Å². The van der Waals surface area contributed by atoms with E-state index < -0.39 is 60.3 Å². The lowest BCUT2D eigenvalue weighted by molar-refractivity contribution is -0.247. The molecule has 5 rings (SSSR count). The van der Waals surface area contributed by atoms with Crippen LogP contribution in [-0.2, 0) is 35.8 Å². The van der Waals surface area contributed by atoms with Gasteiger partial charge in [0.1, 0.15) is 17.3 Å². The SMILES string of the molecule is CC(C(=O)c1ccc(OCC2CCCCC2)c(C2CC3CCCCC3CN2S(=O)(=O)C(F)(F)C(F)(F)C(F)(F)S(=O)(=O)O)c1)[S+]1CCOCC1. The molecule has 2 saturated heterocycles. The number of ketones is 1. The predicted octanol–water partition coefficient (Wildman–Crippen LogP) is 6.46. The van der Waals surface area contributed by atoms with Crippen molar-refractivity contribution in [3.05, 3.63) is 29.3 Å². The minimum absolute atomic E-state index is 0.0394. The predicted molar refractivity (Wildman–Crippen MR) is 175 cm³/mol. The lowest BCUT2D eigenvalue weighted by Crippen LogP contribution is -2.64. The zero-order valence-electron chi connectivity index (χ0n) is 27.7. The second-order valence-electron chi connectivity index (χ2n) is 13.8. The van der Waals surface area contributed by atoms with E-state index in [1.54, 1.807) is 6.92 Å². The highest BCUT2D eigenvalue weighted by molar-refractivity contribution is 7.98. The van der Waals surface area contributed by atoms with Crippen molar-refractivity contribution >= 4 is 36.8 Å². The second-order valence-corrected chi connectivity index (χ2v) is 19.8. The number of carbonyl (C=O) groups is 1. The number of hydrogen-bond donors (Lipinski definition) is 1. The topological polar surface area (TPSA) is 127 Å². The molecule has 4 unspecified atom stereocenters. The summed E-state index contributed by atoms with van der Waals surface area (Å²) in [6.45, 7) is 2.16. The van der Waals surface area contributed by atoms with Gasteiger partial charge in [0.15, 0.2) is 5.25 Å². The summed E-state index contributed by atoms with van der Waals surface area (Å²) in [4.78, 5) is 13.8. The first kappa shape index (κ1) is 39.6. The molecule has 1 N–H and O–H groups in total. The average Bonchev–Trinajstić information content (AvgIpc) is 3.09. The minimum Gasteiger partial charge on any atom is -0.493 e. The van der Waals surface area contributed by atoms with Crippen molar-refractivity contribution in [1.82, 2.24) is 4.31 Å². The zero-order chi connectivity index (χ0) is 36.7. The van der Waals surface area contributed by atoms with Gasteiger partial charge < -0.3 is 9.47 Å². The molecule has 1 aromatic rings. The summed E-state index contributed by atoms with van der Waals surface area (Å²) in [6.07, 6.45) is 6.80. The molecule has 50 heavy (non-hydrogen) atoms. The van der Waals surface area contributed by atoms with Crippen LogP contribution in [0.3, 0.4) is 0 Å². The molecular weight excluding hydrogens is 737 g/mol. The molecule has 9 nitrogen and oxygen atoms in total. The van der Waals surface area contributed by atoms with Crippen LogP contribution in [0.15, 0.2) is 18.2 Å². The normalized spacial score (nSPS) is 26.3.